The lowest BCUT2D eigenvalue weighted by molar-refractivity contribution is 0.0518. The largest absolute Gasteiger partial charge is 0.461 e. The Bertz CT molecular complexity index is 410. The van der Waals surface area contributed by atoms with E-state index in [1.165, 1.54) is 25.9 Å². The number of hydrogen-bond donors (Lipinski definition) is 0. The van der Waals surface area contributed by atoms with Gasteiger partial charge in [-0.05, 0) is 39.8 Å². The van der Waals surface area contributed by atoms with Crippen molar-refractivity contribution in [2.45, 2.75) is 33.2 Å². The van der Waals surface area contributed by atoms with Gasteiger partial charge in [0.1, 0.15) is 0 Å². The van der Waals surface area contributed by atoms with Gasteiger partial charge in [0.15, 0.2) is 5.69 Å². The maximum Gasteiger partial charge on any atom is 0.360 e. The minimum Gasteiger partial charge on any atom is -0.461 e. The lowest BCUT2D eigenvalue weighted by atomic mass is 10.3. The van der Waals surface area contributed by atoms with Gasteiger partial charge in [0.2, 0.25) is 0 Å². The monoisotopic (exact) mass is 252 g/mol. The standard InChI is InChI=1S/C12H20N4O2/c1-3-18-12(17)11-10(2)16(14-13-11)9-8-15-6-4-5-7-15/h3-9H2,1-2H3. The van der Waals surface area contributed by atoms with Crippen molar-refractivity contribution in [1.29, 1.82) is 0 Å². The van der Waals surface area contributed by atoms with Gasteiger partial charge >= 0.3 is 5.97 Å². The van der Waals surface area contributed by atoms with Crippen LogP contribution in [-0.2, 0) is 11.3 Å². The number of likely N-dealkylation sites (tertiary alicyclic amines) is 1. The van der Waals surface area contributed by atoms with Crippen molar-refractivity contribution in [2.24, 2.45) is 0 Å². The van der Waals surface area contributed by atoms with Crippen LogP contribution in [0.4, 0.5) is 0 Å². The molecule has 0 unspecified atom stereocenters. The molecule has 18 heavy (non-hydrogen) atoms. The molecule has 2 heterocycles. The van der Waals surface area contributed by atoms with Crippen LogP contribution in [0.1, 0.15) is 35.9 Å². The topological polar surface area (TPSA) is 60.2 Å². The zero-order valence-electron chi connectivity index (χ0n) is 11.1. The van der Waals surface area contributed by atoms with Crippen LogP contribution in [0.2, 0.25) is 0 Å². The lowest BCUT2D eigenvalue weighted by Crippen LogP contribution is -2.25. The highest BCUT2D eigenvalue weighted by atomic mass is 16.5. The van der Waals surface area contributed by atoms with E-state index in [9.17, 15) is 4.79 Å². The average Bonchev–Trinajstić information content (AvgIpc) is 2.96. The maximum absolute atomic E-state index is 11.6. The first-order chi connectivity index (χ1) is 8.72. The Morgan fingerprint density at radius 3 is 2.72 bits per heavy atom. The Kier molecular flexibility index (Phi) is 4.30. The molecular formula is C12H20N4O2. The van der Waals surface area contributed by atoms with Crippen LogP contribution >= 0.6 is 0 Å². The first-order valence-electron chi connectivity index (χ1n) is 6.52. The van der Waals surface area contributed by atoms with Crippen LogP contribution < -0.4 is 0 Å². The molecule has 0 aliphatic carbocycles. The van der Waals surface area contributed by atoms with E-state index in [4.69, 9.17) is 4.74 Å². The second-order valence-corrected chi connectivity index (χ2v) is 4.52. The zero-order chi connectivity index (χ0) is 13.0. The van der Waals surface area contributed by atoms with Crippen molar-refractivity contribution in [3.8, 4) is 0 Å². The molecule has 6 nitrogen and oxygen atoms in total. The Balaban J connectivity index is 1.94. The molecule has 1 fully saturated rings. The van der Waals surface area contributed by atoms with E-state index in [2.05, 4.69) is 15.2 Å². The fraction of sp³-hybridized carbons (Fsp3) is 0.750. The smallest absolute Gasteiger partial charge is 0.360 e. The minimum absolute atomic E-state index is 0.332. The van der Waals surface area contributed by atoms with Gasteiger partial charge in [-0.25, -0.2) is 9.48 Å². The number of carbonyl (C=O) groups excluding carboxylic acids is 1. The van der Waals surface area contributed by atoms with E-state index in [0.717, 1.165) is 18.8 Å². The van der Waals surface area contributed by atoms with E-state index in [0.29, 0.717) is 12.3 Å². The van der Waals surface area contributed by atoms with E-state index >= 15 is 0 Å². The summed E-state index contributed by atoms with van der Waals surface area (Å²) in [6.45, 7) is 8.07. The number of ether oxygens (including phenoxy) is 1. The Labute approximate surface area is 107 Å². The highest BCUT2D eigenvalue weighted by molar-refractivity contribution is 5.88. The summed E-state index contributed by atoms with van der Waals surface area (Å²) in [6.07, 6.45) is 2.56. The molecule has 0 radical (unpaired) electrons. The maximum atomic E-state index is 11.6. The molecule has 6 heteroatoms. The third kappa shape index (κ3) is 2.87. The number of rotatable bonds is 5. The molecular weight excluding hydrogens is 232 g/mol. The molecule has 100 valence electrons. The van der Waals surface area contributed by atoms with Crippen LogP contribution in [0.3, 0.4) is 0 Å². The minimum atomic E-state index is -0.387. The third-order valence-corrected chi connectivity index (χ3v) is 3.28. The number of hydrogen-bond acceptors (Lipinski definition) is 5. The second kappa shape index (κ2) is 5.95. The Morgan fingerprint density at radius 2 is 2.06 bits per heavy atom. The third-order valence-electron chi connectivity index (χ3n) is 3.28. The quantitative estimate of drug-likeness (QED) is 0.727. The highest BCUT2D eigenvalue weighted by Gasteiger charge is 2.18. The van der Waals surface area contributed by atoms with Gasteiger partial charge in [0.05, 0.1) is 18.8 Å². The second-order valence-electron chi connectivity index (χ2n) is 4.52. The van der Waals surface area contributed by atoms with Gasteiger partial charge in [0.25, 0.3) is 0 Å². The first-order valence-corrected chi connectivity index (χ1v) is 6.52. The van der Waals surface area contributed by atoms with Crippen LogP contribution in [0.15, 0.2) is 0 Å². The van der Waals surface area contributed by atoms with Crippen LogP contribution in [-0.4, -0.2) is 52.1 Å². The lowest BCUT2D eigenvalue weighted by Gasteiger charge is -2.14. The SMILES string of the molecule is CCOC(=O)c1nnn(CCN2CCCC2)c1C. The Hall–Kier alpha value is -1.43. The number of esters is 1. The molecule has 2 rings (SSSR count). The predicted molar refractivity (Wildman–Crippen MR) is 66.4 cm³/mol. The summed E-state index contributed by atoms with van der Waals surface area (Å²) in [7, 11) is 0. The van der Waals surface area contributed by atoms with Crippen molar-refractivity contribution < 1.29 is 9.53 Å². The summed E-state index contributed by atoms with van der Waals surface area (Å²) in [5.41, 5.74) is 1.12. The van der Waals surface area contributed by atoms with Gasteiger partial charge in [-0.15, -0.1) is 5.10 Å². The van der Waals surface area contributed by atoms with Crippen molar-refractivity contribution in [2.75, 3.05) is 26.2 Å². The molecule has 0 amide bonds. The summed E-state index contributed by atoms with van der Waals surface area (Å²) >= 11 is 0. The van der Waals surface area contributed by atoms with Crippen molar-refractivity contribution in [1.82, 2.24) is 19.9 Å². The van der Waals surface area contributed by atoms with Gasteiger partial charge in [-0.3, -0.25) is 0 Å². The molecule has 1 aliphatic rings. The molecule has 0 saturated carbocycles. The molecule has 1 aromatic rings. The predicted octanol–water partition coefficient (Wildman–Crippen LogP) is 0.859. The van der Waals surface area contributed by atoms with E-state index < -0.39 is 0 Å². The first kappa shape index (κ1) is 13.0. The molecule has 0 aromatic carbocycles. The summed E-state index contributed by atoms with van der Waals surface area (Å²) in [6, 6.07) is 0. The van der Waals surface area contributed by atoms with Crippen LogP contribution in [0, 0.1) is 6.92 Å². The molecule has 0 bridgehead atoms. The fourth-order valence-electron chi connectivity index (χ4n) is 2.20. The van der Waals surface area contributed by atoms with Gasteiger partial charge in [-0.2, -0.15) is 0 Å². The van der Waals surface area contributed by atoms with Gasteiger partial charge in [0, 0.05) is 6.54 Å². The van der Waals surface area contributed by atoms with Gasteiger partial charge in [-0.1, -0.05) is 5.21 Å². The van der Waals surface area contributed by atoms with Crippen LogP contribution in [0.5, 0.6) is 0 Å². The molecule has 0 N–H and O–H groups in total. The number of carbonyl (C=O) groups is 1. The number of nitrogens with zero attached hydrogens (tertiary/aromatic N) is 4. The molecule has 1 saturated heterocycles. The molecule has 0 spiro atoms. The van der Waals surface area contributed by atoms with E-state index in [-0.39, 0.29) is 5.97 Å². The molecule has 1 aliphatic heterocycles. The number of aromatic nitrogens is 3. The summed E-state index contributed by atoms with van der Waals surface area (Å²) in [4.78, 5) is 14.0. The summed E-state index contributed by atoms with van der Waals surface area (Å²) in [5, 5.41) is 7.92. The van der Waals surface area contributed by atoms with Crippen molar-refractivity contribution in [3.05, 3.63) is 11.4 Å². The zero-order valence-corrected chi connectivity index (χ0v) is 11.1. The van der Waals surface area contributed by atoms with Crippen LogP contribution in [0.25, 0.3) is 0 Å². The summed E-state index contributed by atoms with van der Waals surface area (Å²) < 4.78 is 6.72. The van der Waals surface area contributed by atoms with E-state index in [1.54, 1.807) is 11.6 Å². The van der Waals surface area contributed by atoms with Crippen molar-refractivity contribution in [3.63, 3.8) is 0 Å². The fourth-order valence-corrected chi connectivity index (χ4v) is 2.20. The normalized spacial score (nSPS) is 16.1. The van der Waals surface area contributed by atoms with E-state index in [1.807, 2.05) is 6.92 Å². The van der Waals surface area contributed by atoms with Crippen molar-refractivity contribution >= 4 is 5.97 Å². The summed E-state index contributed by atoms with van der Waals surface area (Å²) in [5.74, 6) is -0.387. The Morgan fingerprint density at radius 1 is 1.33 bits per heavy atom. The molecule has 1 aromatic heterocycles. The van der Waals surface area contributed by atoms with Gasteiger partial charge < -0.3 is 9.64 Å². The average molecular weight is 252 g/mol. The highest BCUT2D eigenvalue weighted by Crippen LogP contribution is 2.09. The molecule has 0 atom stereocenters.